The highest BCUT2D eigenvalue weighted by Crippen LogP contribution is 2.27. The number of hydrogen-bond acceptors (Lipinski definition) is 5. The van der Waals surface area contributed by atoms with Gasteiger partial charge < -0.3 is 14.8 Å². The highest BCUT2D eigenvalue weighted by atomic mass is 35.5. The number of anilines is 1. The number of halogens is 3. The number of hydrogen-bond donors (Lipinski definition) is 1. The summed E-state index contributed by atoms with van der Waals surface area (Å²) in [5, 5.41) is 1.97. The van der Waals surface area contributed by atoms with Crippen molar-refractivity contribution in [2.24, 2.45) is 0 Å². The van der Waals surface area contributed by atoms with E-state index < -0.39 is 29.3 Å². The molecule has 5 nitrogen and oxygen atoms in total. The van der Waals surface area contributed by atoms with Gasteiger partial charge in [-0.3, -0.25) is 0 Å². The summed E-state index contributed by atoms with van der Waals surface area (Å²) in [6, 6.07) is 1.42. The molecule has 1 rings (SSSR count). The minimum Gasteiger partial charge on any atom is -0.466 e. The molecule has 0 aliphatic rings. The van der Waals surface area contributed by atoms with Crippen LogP contribution in [-0.2, 0) is 19.1 Å². The summed E-state index contributed by atoms with van der Waals surface area (Å²) in [6.45, 7) is 0. The third-order valence-electron chi connectivity index (χ3n) is 2.14. The van der Waals surface area contributed by atoms with Crippen LogP contribution in [0, 0.1) is 11.6 Å². The summed E-state index contributed by atoms with van der Waals surface area (Å²) in [6.07, 6.45) is 0.755. The first-order valence-electron chi connectivity index (χ1n) is 5.18. The maximum Gasteiger partial charge on any atom is 0.354 e. The number of nitrogens with one attached hydrogen (secondary N) is 1. The van der Waals surface area contributed by atoms with Crippen LogP contribution in [0.1, 0.15) is 0 Å². The van der Waals surface area contributed by atoms with Gasteiger partial charge in [0.1, 0.15) is 11.5 Å². The molecule has 0 amide bonds. The molecule has 8 heteroatoms. The maximum absolute atomic E-state index is 13.6. The van der Waals surface area contributed by atoms with Gasteiger partial charge in [-0.2, -0.15) is 0 Å². The molecule has 0 aromatic heterocycles. The maximum atomic E-state index is 13.6. The molecule has 1 aromatic carbocycles. The quantitative estimate of drug-likeness (QED) is 0.683. The molecule has 0 radical (unpaired) electrons. The molecule has 0 heterocycles. The number of rotatable bonds is 4. The predicted molar refractivity (Wildman–Crippen MR) is 67.1 cm³/mol. The lowest BCUT2D eigenvalue weighted by Crippen LogP contribution is -2.16. The third kappa shape index (κ3) is 3.92. The van der Waals surface area contributed by atoms with Gasteiger partial charge in [-0.15, -0.1) is 0 Å². The van der Waals surface area contributed by atoms with Crippen LogP contribution in [-0.4, -0.2) is 26.2 Å². The molecule has 0 aliphatic carbocycles. The summed E-state index contributed by atoms with van der Waals surface area (Å²) < 4.78 is 35.2. The van der Waals surface area contributed by atoms with Gasteiger partial charge in [0.15, 0.2) is 5.82 Å². The Balaban J connectivity index is 3.17. The second kappa shape index (κ2) is 6.85. The van der Waals surface area contributed by atoms with Crippen molar-refractivity contribution < 1.29 is 27.8 Å². The van der Waals surface area contributed by atoms with E-state index in [2.05, 4.69) is 14.8 Å². The largest absolute Gasteiger partial charge is 0.466 e. The fourth-order valence-corrected chi connectivity index (χ4v) is 1.47. The van der Waals surface area contributed by atoms with Crippen molar-refractivity contribution in [2.45, 2.75) is 0 Å². The van der Waals surface area contributed by atoms with E-state index in [1.807, 2.05) is 0 Å². The first kappa shape index (κ1) is 15.9. The Kier molecular flexibility index (Phi) is 5.45. The van der Waals surface area contributed by atoms with E-state index in [0.717, 1.165) is 26.4 Å². The van der Waals surface area contributed by atoms with Crippen molar-refractivity contribution in [2.75, 3.05) is 19.5 Å². The zero-order valence-corrected chi connectivity index (χ0v) is 11.3. The minimum absolute atomic E-state index is 0.304. The number of methoxy groups -OCH3 is 2. The van der Waals surface area contributed by atoms with Gasteiger partial charge in [-0.05, 0) is 6.07 Å². The fourth-order valence-electron chi connectivity index (χ4n) is 1.23. The van der Waals surface area contributed by atoms with E-state index in [1.54, 1.807) is 0 Å². The van der Waals surface area contributed by atoms with E-state index >= 15 is 0 Å². The number of ether oxygens (including phenoxy) is 2. The second-order valence-electron chi connectivity index (χ2n) is 3.44. The van der Waals surface area contributed by atoms with Crippen molar-refractivity contribution in [3.05, 3.63) is 40.6 Å². The monoisotopic (exact) mass is 305 g/mol. The van der Waals surface area contributed by atoms with E-state index in [-0.39, 0.29) is 10.7 Å². The molecular weight excluding hydrogens is 296 g/mol. The first-order valence-corrected chi connectivity index (χ1v) is 5.56. The number of benzene rings is 1. The smallest absolute Gasteiger partial charge is 0.354 e. The van der Waals surface area contributed by atoms with Gasteiger partial charge in [-0.25, -0.2) is 18.4 Å². The van der Waals surface area contributed by atoms with Gasteiger partial charge in [0.2, 0.25) is 0 Å². The van der Waals surface area contributed by atoms with E-state index in [0.29, 0.717) is 6.07 Å². The molecule has 0 atom stereocenters. The van der Waals surface area contributed by atoms with E-state index in [9.17, 15) is 18.4 Å². The SMILES string of the molecule is COC(=O)/C=C(/Nc1c(F)cc(F)cc1Cl)C(=O)OC. The van der Waals surface area contributed by atoms with Gasteiger partial charge >= 0.3 is 11.9 Å². The third-order valence-corrected chi connectivity index (χ3v) is 2.43. The summed E-state index contributed by atoms with van der Waals surface area (Å²) in [7, 11) is 2.16. The molecule has 0 saturated heterocycles. The molecule has 1 aromatic rings. The Morgan fingerprint density at radius 3 is 2.40 bits per heavy atom. The molecule has 0 aliphatic heterocycles. The molecule has 1 N–H and O–H groups in total. The van der Waals surface area contributed by atoms with Crippen molar-refractivity contribution in [3.63, 3.8) is 0 Å². The molecule has 0 unspecified atom stereocenters. The summed E-state index contributed by atoms with van der Waals surface area (Å²) >= 11 is 5.66. The topological polar surface area (TPSA) is 64.6 Å². The van der Waals surface area contributed by atoms with Gasteiger partial charge in [0.05, 0.1) is 31.0 Å². The predicted octanol–water partition coefficient (Wildman–Crippen LogP) is 2.26. The van der Waals surface area contributed by atoms with Gasteiger partial charge in [0, 0.05) is 6.07 Å². The molecule has 108 valence electrons. The van der Waals surface area contributed by atoms with Crippen LogP contribution in [0.3, 0.4) is 0 Å². The summed E-state index contributed by atoms with van der Waals surface area (Å²) in [4.78, 5) is 22.6. The Bertz CT molecular complexity index is 552. The fraction of sp³-hybridized carbons (Fsp3) is 0.167. The van der Waals surface area contributed by atoms with Crippen LogP contribution in [0.4, 0.5) is 14.5 Å². The van der Waals surface area contributed by atoms with Crippen molar-refractivity contribution in [3.8, 4) is 0 Å². The number of carbonyl (C=O) groups is 2. The highest BCUT2D eigenvalue weighted by molar-refractivity contribution is 6.33. The zero-order chi connectivity index (χ0) is 15.3. The molecule has 0 spiro atoms. The normalized spacial score (nSPS) is 10.9. The average Bonchev–Trinajstić information content (AvgIpc) is 2.40. The van der Waals surface area contributed by atoms with Crippen LogP contribution >= 0.6 is 11.6 Å². The second-order valence-corrected chi connectivity index (χ2v) is 3.85. The molecule has 0 fully saturated rings. The summed E-state index contributed by atoms with van der Waals surface area (Å²) in [5.74, 6) is -3.73. The van der Waals surface area contributed by atoms with E-state index in [4.69, 9.17) is 11.6 Å². The Hall–Kier alpha value is -2.15. The van der Waals surface area contributed by atoms with Gasteiger partial charge in [0.25, 0.3) is 0 Å². The van der Waals surface area contributed by atoms with Crippen LogP contribution < -0.4 is 5.32 Å². The summed E-state index contributed by atoms with van der Waals surface area (Å²) in [5.41, 5.74) is -0.777. The standard InChI is InChI=1S/C12H10ClF2NO4/c1-19-10(17)5-9(12(18)20-2)16-11-7(13)3-6(14)4-8(11)15/h3-5,16H,1-2H3/b9-5+. The van der Waals surface area contributed by atoms with Crippen LogP contribution in [0.2, 0.25) is 5.02 Å². The Morgan fingerprint density at radius 1 is 1.25 bits per heavy atom. The van der Waals surface area contributed by atoms with Crippen LogP contribution in [0.5, 0.6) is 0 Å². The minimum atomic E-state index is -1.03. The van der Waals surface area contributed by atoms with Crippen LogP contribution in [0.25, 0.3) is 0 Å². The molecule has 20 heavy (non-hydrogen) atoms. The van der Waals surface area contributed by atoms with E-state index in [1.165, 1.54) is 0 Å². The van der Waals surface area contributed by atoms with Crippen molar-refractivity contribution >= 4 is 29.2 Å². The highest BCUT2D eigenvalue weighted by Gasteiger charge is 2.17. The number of esters is 2. The lowest BCUT2D eigenvalue weighted by Gasteiger charge is -2.11. The Morgan fingerprint density at radius 2 is 1.90 bits per heavy atom. The van der Waals surface area contributed by atoms with Gasteiger partial charge in [-0.1, -0.05) is 11.6 Å². The lowest BCUT2D eigenvalue weighted by molar-refractivity contribution is -0.138. The first-order chi connectivity index (χ1) is 9.38. The van der Waals surface area contributed by atoms with Crippen molar-refractivity contribution in [1.82, 2.24) is 0 Å². The zero-order valence-electron chi connectivity index (χ0n) is 10.5. The molecular formula is C12H10ClF2NO4. The Labute approximate surface area is 118 Å². The van der Waals surface area contributed by atoms with Crippen molar-refractivity contribution in [1.29, 1.82) is 0 Å². The number of carbonyl (C=O) groups excluding carboxylic acids is 2. The molecule has 0 bridgehead atoms. The van der Waals surface area contributed by atoms with Crippen LogP contribution in [0.15, 0.2) is 23.9 Å². The molecule has 0 saturated carbocycles. The lowest BCUT2D eigenvalue weighted by atomic mass is 10.2. The average molecular weight is 306 g/mol.